The molecule has 2 aromatic carbocycles. The zero-order chi connectivity index (χ0) is 15.9. The summed E-state index contributed by atoms with van der Waals surface area (Å²) in [4.78, 5) is 15.9. The SMILES string of the molecule is CN(C)c1ccc(NCCC(=O)N(C)c2ccccc2)cc1. The second-order valence-corrected chi connectivity index (χ2v) is 5.41. The predicted octanol–water partition coefficient (Wildman–Crippen LogP) is 3.22. The molecule has 0 aromatic heterocycles. The molecule has 22 heavy (non-hydrogen) atoms. The smallest absolute Gasteiger partial charge is 0.228 e. The number of amides is 1. The Labute approximate surface area is 132 Å². The third-order valence-electron chi connectivity index (χ3n) is 3.57. The summed E-state index contributed by atoms with van der Waals surface area (Å²) in [5.74, 6) is 0.101. The van der Waals surface area contributed by atoms with Gasteiger partial charge in [0.1, 0.15) is 0 Å². The largest absolute Gasteiger partial charge is 0.385 e. The molecule has 1 amide bonds. The van der Waals surface area contributed by atoms with E-state index in [0.717, 1.165) is 17.1 Å². The molecule has 0 heterocycles. The molecule has 2 rings (SSSR count). The van der Waals surface area contributed by atoms with E-state index < -0.39 is 0 Å². The van der Waals surface area contributed by atoms with Gasteiger partial charge in [-0.05, 0) is 36.4 Å². The van der Waals surface area contributed by atoms with Crippen LogP contribution in [0.2, 0.25) is 0 Å². The van der Waals surface area contributed by atoms with Crippen molar-refractivity contribution in [2.75, 3.05) is 42.8 Å². The van der Waals surface area contributed by atoms with Crippen molar-refractivity contribution >= 4 is 23.0 Å². The highest BCUT2D eigenvalue weighted by molar-refractivity contribution is 5.93. The predicted molar refractivity (Wildman–Crippen MR) is 93.7 cm³/mol. The molecule has 0 aliphatic rings. The molecule has 1 N–H and O–H groups in total. The molecule has 0 atom stereocenters. The number of rotatable bonds is 6. The normalized spacial score (nSPS) is 10.1. The van der Waals surface area contributed by atoms with E-state index in [9.17, 15) is 4.79 Å². The van der Waals surface area contributed by atoms with Crippen LogP contribution >= 0.6 is 0 Å². The molecule has 0 aliphatic heterocycles. The topological polar surface area (TPSA) is 35.6 Å². The van der Waals surface area contributed by atoms with E-state index in [1.165, 1.54) is 0 Å². The van der Waals surface area contributed by atoms with Gasteiger partial charge < -0.3 is 15.1 Å². The quantitative estimate of drug-likeness (QED) is 0.889. The number of nitrogens with one attached hydrogen (secondary N) is 1. The van der Waals surface area contributed by atoms with Crippen molar-refractivity contribution in [3.63, 3.8) is 0 Å². The summed E-state index contributed by atoms with van der Waals surface area (Å²) in [6.07, 6.45) is 0.459. The number of carbonyl (C=O) groups excluding carboxylic acids is 1. The summed E-state index contributed by atoms with van der Waals surface area (Å²) in [6.45, 7) is 0.622. The van der Waals surface area contributed by atoms with Crippen LogP contribution in [0.1, 0.15) is 6.42 Å². The number of anilines is 3. The van der Waals surface area contributed by atoms with Gasteiger partial charge in [-0.15, -0.1) is 0 Å². The van der Waals surface area contributed by atoms with Crippen molar-refractivity contribution < 1.29 is 4.79 Å². The number of nitrogens with zero attached hydrogens (tertiary/aromatic N) is 2. The van der Waals surface area contributed by atoms with E-state index in [4.69, 9.17) is 0 Å². The maximum absolute atomic E-state index is 12.2. The fourth-order valence-corrected chi connectivity index (χ4v) is 2.15. The van der Waals surface area contributed by atoms with Crippen molar-refractivity contribution in [2.45, 2.75) is 6.42 Å². The van der Waals surface area contributed by atoms with Gasteiger partial charge in [-0.1, -0.05) is 18.2 Å². The summed E-state index contributed by atoms with van der Waals surface area (Å²) < 4.78 is 0. The number of hydrogen-bond acceptors (Lipinski definition) is 3. The highest BCUT2D eigenvalue weighted by Gasteiger charge is 2.09. The van der Waals surface area contributed by atoms with E-state index in [1.54, 1.807) is 4.90 Å². The maximum atomic E-state index is 12.2. The summed E-state index contributed by atoms with van der Waals surface area (Å²) in [7, 11) is 5.84. The average Bonchev–Trinajstić information content (AvgIpc) is 2.55. The number of carbonyl (C=O) groups is 1. The highest BCUT2D eigenvalue weighted by atomic mass is 16.2. The Morgan fingerprint density at radius 2 is 1.55 bits per heavy atom. The Bertz CT molecular complexity index is 593. The van der Waals surface area contributed by atoms with Crippen LogP contribution in [0, 0.1) is 0 Å². The molecule has 0 radical (unpaired) electrons. The van der Waals surface area contributed by atoms with Crippen LogP contribution in [-0.2, 0) is 4.79 Å². The van der Waals surface area contributed by atoms with E-state index in [2.05, 4.69) is 22.3 Å². The number of hydrogen-bond donors (Lipinski definition) is 1. The zero-order valence-electron chi connectivity index (χ0n) is 13.4. The molecule has 2 aromatic rings. The van der Waals surface area contributed by atoms with Crippen LogP contribution in [0.3, 0.4) is 0 Å². The molecule has 0 spiro atoms. The summed E-state index contributed by atoms with van der Waals surface area (Å²) in [5, 5.41) is 3.28. The van der Waals surface area contributed by atoms with E-state index in [-0.39, 0.29) is 5.91 Å². The minimum atomic E-state index is 0.101. The Kier molecular flexibility index (Phi) is 5.42. The van der Waals surface area contributed by atoms with E-state index in [1.807, 2.05) is 63.6 Å². The standard InChI is InChI=1S/C18H23N3O/c1-20(2)16-11-9-15(10-12-16)19-14-13-18(22)21(3)17-7-5-4-6-8-17/h4-12,19H,13-14H2,1-3H3. The van der Waals surface area contributed by atoms with E-state index >= 15 is 0 Å². The lowest BCUT2D eigenvalue weighted by Gasteiger charge is -2.17. The molecular formula is C18H23N3O. The van der Waals surface area contributed by atoms with Crippen LogP contribution < -0.4 is 15.1 Å². The molecule has 0 unspecified atom stereocenters. The zero-order valence-corrected chi connectivity index (χ0v) is 13.4. The lowest BCUT2D eigenvalue weighted by molar-refractivity contribution is -0.118. The lowest BCUT2D eigenvalue weighted by Crippen LogP contribution is -2.27. The van der Waals surface area contributed by atoms with Crippen molar-refractivity contribution in [3.05, 3.63) is 54.6 Å². The van der Waals surface area contributed by atoms with Crippen LogP contribution in [0.5, 0.6) is 0 Å². The number of para-hydroxylation sites is 1. The highest BCUT2D eigenvalue weighted by Crippen LogP contribution is 2.16. The van der Waals surface area contributed by atoms with Gasteiger partial charge in [-0.2, -0.15) is 0 Å². The first-order valence-electron chi connectivity index (χ1n) is 7.41. The molecule has 0 saturated heterocycles. The molecule has 0 bridgehead atoms. The van der Waals surface area contributed by atoms with Crippen LogP contribution in [-0.4, -0.2) is 33.6 Å². The van der Waals surface area contributed by atoms with Crippen LogP contribution in [0.15, 0.2) is 54.6 Å². The van der Waals surface area contributed by atoms with Crippen molar-refractivity contribution in [3.8, 4) is 0 Å². The Hall–Kier alpha value is -2.49. The van der Waals surface area contributed by atoms with Gasteiger partial charge in [0.2, 0.25) is 5.91 Å². The van der Waals surface area contributed by atoms with Crippen LogP contribution in [0.25, 0.3) is 0 Å². The second kappa shape index (κ2) is 7.50. The molecule has 116 valence electrons. The monoisotopic (exact) mass is 297 g/mol. The number of benzene rings is 2. The van der Waals surface area contributed by atoms with Gasteiger partial charge in [-0.25, -0.2) is 0 Å². The Morgan fingerprint density at radius 1 is 0.909 bits per heavy atom. The van der Waals surface area contributed by atoms with Crippen LogP contribution in [0.4, 0.5) is 17.1 Å². The van der Waals surface area contributed by atoms with Crippen molar-refractivity contribution in [2.24, 2.45) is 0 Å². The lowest BCUT2D eigenvalue weighted by atomic mass is 10.2. The third-order valence-corrected chi connectivity index (χ3v) is 3.57. The van der Waals surface area contributed by atoms with Gasteiger partial charge in [0.15, 0.2) is 0 Å². The van der Waals surface area contributed by atoms with E-state index in [0.29, 0.717) is 13.0 Å². The summed E-state index contributed by atoms with van der Waals surface area (Å²) in [5.41, 5.74) is 3.11. The first-order valence-corrected chi connectivity index (χ1v) is 7.41. The van der Waals surface area contributed by atoms with Gasteiger partial charge in [0.25, 0.3) is 0 Å². The molecule has 4 heteroatoms. The second-order valence-electron chi connectivity index (χ2n) is 5.41. The minimum absolute atomic E-state index is 0.101. The average molecular weight is 297 g/mol. The molecule has 4 nitrogen and oxygen atoms in total. The first kappa shape index (κ1) is 15.9. The van der Waals surface area contributed by atoms with Gasteiger partial charge in [0.05, 0.1) is 0 Å². The fraction of sp³-hybridized carbons (Fsp3) is 0.278. The Balaban J connectivity index is 1.82. The minimum Gasteiger partial charge on any atom is -0.385 e. The Morgan fingerprint density at radius 3 is 2.14 bits per heavy atom. The summed E-state index contributed by atoms with van der Waals surface area (Å²) in [6, 6.07) is 17.9. The first-order chi connectivity index (χ1) is 10.6. The summed E-state index contributed by atoms with van der Waals surface area (Å²) >= 11 is 0. The maximum Gasteiger partial charge on any atom is 0.228 e. The fourth-order valence-electron chi connectivity index (χ4n) is 2.15. The molecule has 0 aliphatic carbocycles. The molecular weight excluding hydrogens is 274 g/mol. The van der Waals surface area contributed by atoms with Gasteiger partial charge in [0, 0.05) is 51.2 Å². The molecule has 0 saturated carbocycles. The van der Waals surface area contributed by atoms with Gasteiger partial charge >= 0.3 is 0 Å². The van der Waals surface area contributed by atoms with Gasteiger partial charge in [-0.3, -0.25) is 4.79 Å². The third kappa shape index (κ3) is 4.25. The van der Waals surface area contributed by atoms with Crippen molar-refractivity contribution in [1.82, 2.24) is 0 Å². The van der Waals surface area contributed by atoms with Crippen molar-refractivity contribution in [1.29, 1.82) is 0 Å². The molecule has 0 fully saturated rings.